The van der Waals surface area contributed by atoms with E-state index in [1.54, 1.807) is 0 Å². The van der Waals surface area contributed by atoms with Crippen molar-refractivity contribution in [2.75, 3.05) is 105 Å². The van der Waals surface area contributed by atoms with Gasteiger partial charge >= 0.3 is 0 Å². The van der Waals surface area contributed by atoms with Crippen molar-refractivity contribution in [1.82, 2.24) is 27.5 Å². The molecule has 0 saturated carbocycles. The molecule has 0 amide bonds. The van der Waals surface area contributed by atoms with Crippen LogP contribution in [0.4, 0.5) is 0 Å². The van der Waals surface area contributed by atoms with Crippen molar-refractivity contribution < 1.29 is 18.9 Å². The first-order chi connectivity index (χ1) is 20.0. The van der Waals surface area contributed by atoms with E-state index in [1.807, 2.05) is 0 Å². The van der Waals surface area contributed by atoms with Gasteiger partial charge < -0.3 is 27.7 Å². The van der Waals surface area contributed by atoms with E-state index >= 15 is 0 Å². The molecule has 41 heavy (non-hydrogen) atoms. The van der Waals surface area contributed by atoms with Crippen LogP contribution in [0.1, 0.15) is 5.56 Å². The third kappa shape index (κ3) is 4.93. The summed E-state index contributed by atoms with van der Waals surface area (Å²) in [6.07, 6.45) is -0.0600. The number of rotatable bonds is 6. The lowest BCUT2D eigenvalue weighted by Crippen LogP contribution is -2.47. The zero-order chi connectivity index (χ0) is 28.0. The van der Waals surface area contributed by atoms with Gasteiger partial charge in [0, 0.05) is 64.8 Å². The van der Waals surface area contributed by atoms with E-state index in [-0.39, 0.29) is 0 Å². The van der Waals surface area contributed by atoms with Gasteiger partial charge in [-0.3, -0.25) is 18.7 Å². The highest BCUT2D eigenvalue weighted by molar-refractivity contribution is 8.16. The number of nitrogens with zero attached hydrogens (tertiary/aromatic N) is 6. The molecule has 0 atom stereocenters. The fourth-order valence-electron chi connectivity index (χ4n) is 6.75. The minimum Gasteiger partial charge on any atom is -0.379 e. The molecule has 4 aliphatic heterocycles. The molecule has 4 aliphatic rings. The highest BCUT2D eigenvalue weighted by Crippen LogP contribution is 2.55. The Hall–Kier alpha value is -0.720. The van der Waals surface area contributed by atoms with Gasteiger partial charge in [0.05, 0.1) is 74.8 Å². The highest BCUT2D eigenvalue weighted by atomic mass is 32.4. The SMILES string of the molecule is Cc1cc2c3ccc(P(=S)(N4CCOCC4)N4CCOCC4)n3ccn2c1P(=S)(N1CCOCC1)N1CCOCC1. The zero-order valence-electron chi connectivity index (χ0n) is 23.7. The molecule has 14 heteroatoms. The molecule has 0 unspecified atom stereocenters. The summed E-state index contributed by atoms with van der Waals surface area (Å²) in [4.78, 5) is 0. The normalized spacial score (nSPS) is 23.5. The Labute approximate surface area is 252 Å². The summed E-state index contributed by atoms with van der Waals surface area (Å²) >= 11 is 13.6. The molecule has 224 valence electrons. The lowest BCUT2D eigenvalue weighted by molar-refractivity contribution is 0.0588. The molecule has 7 rings (SSSR count). The standard InChI is InChI=1S/C27H40N6O4P2S2/c1-23-22-25-24-2-3-26(38(40,28-6-14-34-15-7-28)29-8-16-35-17-9-29)32(24)4-5-33(25)27(23)39(41,30-10-18-36-19-11-30)31-12-20-37-21-13-31/h2-5,22H,6-21H2,1H3. The monoisotopic (exact) mass is 638 g/mol. The molecule has 10 nitrogen and oxygen atoms in total. The minimum absolute atomic E-state index is 0.727. The van der Waals surface area contributed by atoms with E-state index in [0.717, 1.165) is 105 Å². The number of hydrogen-bond donors (Lipinski definition) is 0. The van der Waals surface area contributed by atoms with Gasteiger partial charge in [0.15, 0.2) is 0 Å². The van der Waals surface area contributed by atoms with Crippen molar-refractivity contribution >= 4 is 58.2 Å². The van der Waals surface area contributed by atoms with Crippen LogP contribution in [0.25, 0.3) is 11.0 Å². The van der Waals surface area contributed by atoms with Crippen LogP contribution in [-0.2, 0) is 42.6 Å². The lowest BCUT2D eigenvalue weighted by Gasteiger charge is -2.45. The summed E-state index contributed by atoms with van der Waals surface area (Å²) in [6, 6.07) is 6.88. The fourth-order valence-corrected chi connectivity index (χ4v) is 16.2. The predicted octanol–water partition coefficient (Wildman–Crippen LogP) is 1.70. The number of aromatic nitrogens is 2. The van der Waals surface area contributed by atoms with Crippen molar-refractivity contribution in [2.24, 2.45) is 0 Å². The Kier molecular flexibility index (Phi) is 8.49. The Morgan fingerprint density at radius 1 is 0.561 bits per heavy atom. The van der Waals surface area contributed by atoms with Crippen LogP contribution in [0.2, 0.25) is 0 Å². The van der Waals surface area contributed by atoms with Crippen molar-refractivity contribution in [3.63, 3.8) is 0 Å². The lowest BCUT2D eigenvalue weighted by atomic mass is 10.3. The zero-order valence-corrected chi connectivity index (χ0v) is 27.1. The molecule has 0 radical (unpaired) electrons. The Bertz CT molecular complexity index is 1450. The Morgan fingerprint density at radius 3 is 1.44 bits per heavy atom. The van der Waals surface area contributed by atoms with E-state index in [1.165, 1.54) is 27.5 Å². The summed E-state index contributed by atoms with van der Waals surface area (Å²) in [5, 5.41) is 0. The third-order valence-electron chi connectivity index (χ3n) is 8.78. The van der Waals surface area contributed by atoms with Crippen molar-refractivity contribution in [3.05, 3.63) is 36.2 Å². The second-order valence-corrected chi connectivity index (χ2v) is 19.4. The first kappa shape index (κ1) is 29.0. The van der Waals surface area contributed by atoms with Gasteiger partial charge in [-0.2, -0.15) is 0 Å². The molecule has 7 heterocycles. The van der Waals surface area contributed by atoms with E-state index in [4.69, 9.17) is 42.6 Å². The van der Waals surface area contributed by atoms with Gasteiger partial charge in [-0.25, -0.2) is 0 Å². The second-order valence-electron chi connectivity index (χ2n) is 11.0. The molecule has 3 aromatic heterocycles. The number of morpholine rings is 4. The fraction of sp³-hybridized carbons (Fsp3) is 0.630. The molecule has 0 aliphatic carbocycles. The van der Waals surface area contributed by atoms with Crippen molar-refractivity contribution in [3.8, 4) is 0 Å². The quantitative estimate of drug-likeness (QED) is 0.373. The van der Waals surface area contributed by atoms with Crippen LogP contribution in [0.15, 0.2) is 30.6 Å². The number of fused-ring (bicyclic) bond motifs is 3. The first-order valence-corrected chi connectivity index (χ1v) is 20.1. The molecule has 4 fully saturated rings. The van der Waals surface area contributed by atoms with Gasteiger partial charge in [0.1, 0.15) is 12.7 Å². The maximum absolute atomic E-state index is 6.81. The summed E-state index contributed by atoms with van der Waals surface area (Å²) in [5.74, 6) is 0. The molecule has 0 N–H and O–H groups in total. The maximum atomic E-state index is 6.81. The first-order valence-electron chi connectivity index (χ1n) is 14.7. The van der Waals surface area contributed by atoms with E-state index in [2.05, 4.69) is 65.0 Å². The van der Waals surface area contributed by atoms with Gasteiger partial charge in [-0.1, -0.05) is 23.6 Å². The third-order valence-corrected chi connectivity index (χ3v) is 19.4. The molecule has 3 aromatic rings. The summed E-state index contributed by atoms with van der Waals surface area (Å²) < 4.78 is 37.8. The van der Waals surface area contributed by atoms with Gasteiger partial charge in [0.25, 0.3) is 0 Å². The molecule has 0 aromatic carbocycles. The van der Waals surface area contributed by atoms with Crippen LogP contribution in [0.3, 0.4) is 0 Å². The number of ether oxygens (including phenoxy) is 4. The van der Waals surface area contributed by atoms with Gasteiger partial charge in [-0.05, 0) is 30.7 Å². The number of hydrogen-bond acceptors (Lipinski definition) is 6. The van der Waals surface area contributed by atoms with Crippen LogP contribution < -0.4 is 10.9 Å². The summed E-state index contributed by atoms with van der Waals surface area (Å²) in [7, 11) is 0. The molecule has 0 bridgehead atoms. The largest absolute Gasteiger partial charge is 0.379 e. The van der Waals surface area contributed by atoms with Crippen LogP contribution in [-0.4, -0.2) is 133 Å². The van der Waals surface area contributed by atoms with Gasteiger partial charge in [0.2, 0.25) is 0 Å². The molecular weight excluding hydrogens is 598 g/mol. The Balaban J connectivity index is 1.37. The molecular formula is C27H40N6O4P2S2. The van der Waals surface area contributed by atoms with Crippen LogP contribution >= 0.6 is 12.7 Å². The van der Waals surface area contributed by atoms with E-state index in [0.29, 0.717) is 0 Å². The smallest absolute Gasteiger partial charge is 0.123 e. The van der Waals surface area contributed by atoms with Crippen molar-refractivity contribution in [1.29, 1.82) is 0 Å². The minimum atomic E-state index is -2.27. The summed E-state index contributed by atoms with van der Waals surface area (Å²) in [6.45, 7) is 14.9. The van der Waals surface area contributed by atoms with Crippen LogP contribution in [0, 0.1) is 6.92 Å². The molecule has 0 spiro atoms. The number of aryl methyl sites for hydroxylation is 1. The topological polar surface area (TPSA) is 58.7 Å². The second kappa shape index (κ2) is 12.0. The van der Waals surface area contributed by atoms with E-state index < -0.39 is 12.7 Å². The average Bonchev–Trinajstić information content (AvgIpc) is 3.63. The van der Waals surface area contributed by atoms with Crippen molar-refractivity contribution in [2.45, 2.75) is 6.92 Å². The molecule has 4 saturated heterocycles. The van der Waals surface area contributed by atoms with E-state index in [9.17, 15) is 0 Å². The van der Waals surface area contributed by atoms with Crippen LogP contribution in [0.5, 0.6) is 0 Å². The predicted molar refractivity (Wildman–Crippen MR) is 170 cm³/mol. The highest BCUT2D eigenvalue weighted by Gasteiger charge is 2.41. The Morgan fingerprint density at radius 2 is 0.976 bits per heavy atom. The average molecular weight is 639 g/mol. The van der Waals surface area contributed by atoms with Gasteiger partial charge in [-0.15, -0.1) is 0 Å². The maximum Gasteiger partial charge on any atom is 0.123 e. The summed E-state index contributed by atoms with van der Waals surface area (Å²) in [5.41, 5.74) is 6.10.